The third kappa shape index (κ3) is 5.61. The molecule has 1 aromatic carbocycles. The van der Waals surface area contributed by atoms with Crippen LogP contribution in [0.4, 0.5) is 0 Å². The number of unbranched alkanes of at least 4 members (excludes halogenated alkanes) is 3. The van der Waals surface area contributed by atoms with Crippen LogP contribution in [0.2, 0.25) is 0 Å². The normalized spacial score (nSPS) is 14.3. The van der Waals surface area contributed by atoms with Gasteiger partial charge >= 0.3 is 5.97 Å². The van der Waals surface area contributed by atoms with E-state index in [9.17, 15) is 13.2 Å². The van der Waals surface area contributed by atoms with Crippen molar-refractivity contribution in [2.75, 3.05) is 27.2 Å². The third-order valence-corrected chi connectivity index (χ3v) is 5.19. The molecule has 0 aromatic heterocycles. The zero-order valence-corrected chi connectivity index (χ0v) is 15.7. The summed E-state index contributed by atoms with van der Waals surface area (Å²) in [7, 11) is 0.789. The molecule has 1 aliphatic heterocycles. The van der Waals surface area contributed by atoms with Gasteiger partial charge in [0.25, 0.3) is 0 Å². The Kier molecular flexibility index (Phi) is 7.93. The van der Waals surface area contributed by atoms with E-state index in [1.807, 2.05) is 0 Å². The van der Waals surface area contributed by atoms with Gasteiger partial charge in [-0.2, -0.15) is 0 Å². The van der Waals surface area contributed by atoms with Crippen molar-refractivity contribution in [2.24, 2.45) is 0 Å². The fourth-order valence-corrected chi connectivity index (χ4v) is 3.62. The van der Waals surface area contributed by atoms with Crippen LogP contribution in [0.5, 0.6) is 0 Å². The topological polar surface area (TPSA) is 63.7 Å². The number of hydrogen-bond donors (Lipinski definition) is 0. The zero-order valence-electron chi connectivity index (χ0n) is 14.0. The maximum absolute atomic E-state index is 12.0. The second-order valence-corrected chi connectivity index (χ2v) is 7.76. The second kappa shape index (κ2) is 9.20. The van der Waals surface area contributed by atoms with Crippen LogP contribution < -0.4 is 0 Å². The van der Waals surface area contributed by atoms with Crippen molar-refractivity contribution in [3.63, 3.8) is 0 Å². The summed E-state index contributed by atoms with van der Waals surface area (Å²) in [5.74, 6) is -0.404. The van der Waals surface area contributed by atoms with E-state index in [2.05, 4.69) is 19.0 Å². The Morgan fingerprint density at radius 2 is 1.83 bits per heavy atom. The minimum Gasteiger partial charge on any atom is -0.462 e. The van der Waals surface area contributed by atoms with Gasteiger partial charge in [0, 0.05) is 5.41 Å². The third-order valence-electron chi connectivity index (χ3n) is 3.71. The maximum atomic E-state index is 12.0. The monoisotopic (exact) mass is 373 g/mol. The lowest BCUT2D eigenvalue weighted by atomic mass is 10.1. The van der Waals surface area contributed by atoms with Crippen molar-refractivity contribution in [1.82, 2.24) is 4.90 Å². The molecule has 0 unspecified atom stereocenters. The SMILES string of the molecule is CN(C)CCCCCCOC(=O)c1ccc2c(c1)C=CS2(=O)=O.Cl. The van der Waals surface area contributed by atoms with Gasteiger partial charge in [-0.3, -0.25) is 0 Å². The van der Waals surface area contributed by atoms with Crippen molar-refractivity contribution >= 4 is 34.3 Å². The number of esters is 1. The van der Waals surface area contributed by atoms with Crippen molar-refractivity contribution in [3.8, 4) is 0 Å². The smallest absolute Gasteiger partial charge is 0.338 e. The highest BCUT2D eigenvalue weighted by Gasteiger charge is 2.21. The average Bonchev–Trinajstić information content (AvgIpc) is 2.81. The molecular weight excluding hydrogens is 350 g/mol. The van der Waals surface area contributed by atoms with Gasteiger partial charge in [-0.1, -0.05) is 12.8 Å². The molecule has 0 bridgehead atoms. The summed E-state index contributed by atoms with van der Waals surface area (Å²) in [6, 6.07) is 4.53. The Balaban J connectivity index is 0.00000288. The van der Waals surface area contributed by atoms with Gasteiger partial charge in [0.15, 0.2) is 9.84 Å². The summed E-state index contributed by atoms with van der Waals surface area (Å²) >= 11 is 0. The molecule has 5 nitrogen and oxygen atoms in total. The predicted octanol–water partition coefficient (Wildman–Crippen LogP) is 3.15. The van der Waals surface area contributed by atoms with Crippen molar-refractivity contribution in [3.05, 3.63) is 34.7 Å². The first-order valence-electron chi connectivity index (χ1n) is 7.79. The van der Waals surface area contributed by atoms with Gasteiger partial charge < -0.3 is 9.64 Å². The van der Waals surface area contributed by atoms with Crippen molar-refractivity contribution < 1.29 is 17.9 Å². The predicted molar refractivity (Wildman–Crippen MR) is 97.2 cm³/mol. The van der Waals surface area contributed by atoms with Crippen LogP contribution in [-0.4, -0.2) is 46.5 Å². The Bertz CT molecular complexity index is 699. The van der Waals surface area contributed by atoms with E-state index in [0.29, 0.717) is 17.7 Å². The highest BCUT2D eigenvalue weighted by molar-refractivity contribution is 7.94. The number of fused-ring (bicyclic) bond motifs is 1. The van der Waals surface area contributed by atoms with E-state index < -0.39 is 15.8 Å². The zero-order chi connectivity index (χ0) is 16.9. The lowest BCUT2D eigenvalue weighted by molar-refractivity contribution is 0.0497. The van der Waals surface area contributed by atoms with E-state index in [-0.39, 0.29) is 17.3 Å². The first kappa shape index (κ1) is 20.7. The van der Waals surface area contributed by atoms with E-state index in [4.69, 9.17) is 4.74 Å². The van der Waals surface area contributed by atoms with Gasteiger partial charge in [-0.15, -0.1) is 12.4 Å². The Morgan fingerprint density at radius 3 is 2.54 bits per heavy atom. The molecule has 0 amide bonds. The highest BCUT2D eigenvalue weighted by atomic mass is 35.5. The minimum atomic E-state index is -3.32. The molecule has 2 rings (SSSR count). The van der Waals surface area contributed by atoms with E-state index >= 15 is 0 Å². The molecular formula is C17H24ClNO4S. The minimum absolute atomic E-state index is 0. The molecule has 0 aliphatic carbocycles. The van der Waals surface area contributed by atoms with Crippen molar-refractivity contribution in [2.45, 2.75) is 30.6 Å². The van der Waals surface area contributed by atoms with E-state index in [1.165, 1.54) is 18.2 Å². The largest absolute Gasteiger partial charge is 0.462 e. The maximum Gasteiger partial charge on any atom is 0.338 e. The van der Waals surface area contributed by atoms with Crippen LogP contribution in [0.15, 0.2) is 28.5 Å². The second-order valence-electron chi connectivity index (χ2n) is 5.95. The number of benzene rings is 1. The lowest BCUT2D eigenvalue weighted by Crippen LogP contribution is -2.12. The van der Waals surface area contributed by atoms with E-state index in [0.717, 1.165) is 37.6 Å². The number of carbonyl (C=O) groups is 1. The highest BCUT2D eigenvalue weighted by Crippen LogP contribution is 2.27. The Labute approximate surface area is 150 Å². The summed E-state index contributed by atoms with van der Waals surface area (Å²) in [5, 5.41) is 1.15. The number of hydrogen-bond acceptors (Lipinski definition) is 5. The fourth-order valence-electron chi connectivity index (χ4n) is 2.43. The molecule has 0 atom stereocenters. The number of halogens is 1. The standard InChI is InChI=1S/C17H23NO4S.ClH/c1-18(2)10-5-3-4-6-11-22-17(19)15-7-8-16-14(13-15)9-12-23(16,20)21;/h7-9,12-13H,3-6,10-11H2,1-2H3;1H. The van der Waals surface area contributed by atoms with E-state index in [1.54, 1.807) is 6.07 Å². The van der Waals surface area contributed by atoms with Crippen molar-refractivity contribution in [1.29, 1.82) is 0 Å². The number of carbonyl (C=O) groups excluding carboxylic acids is 1. The number of sulfone groups is 1. The molecule has 0 saturated heterocycles. The first-order chi connectivity index (χ1) is 10.9. The first-order valence-corrected chi connectivity index (χ1v) is 9.34. The van der Waals surface area contributed by atoms with Crippen LogP contribution in [0.1, 0.15) is 41.6 Å². The molecule has 0 saturated carbocycles. The summed E-state index contributed by atoms with van der Waals surface area (Å²) < 4.78 is 28.6. The average molecular weight is 374 g/mol. The van der Waals surface area contributed by atoms with Gasteiger partial charge in [0.2, 0.25) is 0 Å². The summed E-state index contributed by atoms with van der Waals surface area (Å²) in [6.07, 6.45) is 5.65. The molecule has 134 valence electrons. The van der Waals surface area contributed by atoms with Gasteiger partial charge in [0.05, 0.1) is 17.1 Å². The van der Waals surface area contributed by atoms with Crippen LogP contribution in [0, 0.1) is 0 Å². The van der Waals surface area contributed by atoms with Crippen LogP contribution in [-0.2, 0) is 14.6 Å². The summed E-state index contributed by atoms with van der Waals surface area (Å²) in [6.45, 7) is 1.47. The Morgan fingerprint density at radius 1 is 1.12 bits per heavy atom. The fraction of sp³-hybridized carbons (Fsp3) is 0.471. The number of rotatable bonds is 8. The van der Waals surface area contributed by atoms with Gasteiger partial charge in [-0.05, 0) is 63.3 Å². The molecule has 0 spiro atoms. The summed E-state index contributed by atoms with van der Waals surface area (Å²) in [5.41, 5.74) is 0.932. The summed E-state index contributed by atoms with van der Waals surface area (Å²) in [4.78, 5) is 14.4. The molecule has 0 fully saturated rings. The van der Waals surface area contributed by atoms with Crippen LogP contribution in [0.25, 0.3) is 6.08 Å². The van der Waals surface area contributed by atoms with Crippen LogP contribution in [0.3, 0.4) is 0 Å². The molecule has 1 aromatic rings. The number of ether oxygens (including phenoxy) is 1. The molecule has 1 heterocycles. The molecule has 24 heavy (non-hydrogen) atoms. The molecule has 0 N–H and O–H groups in total. The molecule has 7 heteroatoms. The molecule has 1 aliphatic rings. The Hall–Kier alpha value is -1.37. The number of nitrogens with zero attached hydrogens (tertiary/aromatic N) is 1. The van der Waals surface area contributed by atoms with Crippen LogP contribution >= 0.6 is 12.4 Å². The van der Waals surface area contributed by atoms with Gasteiger partial charge in [0.1, 0.15) is 0 Å². The molecule has 0 radical (unpaired) electrons. The van der Waals surface area contributed by atoms with Gasteiger partial charge in [-0.25, -0.2) is 13.2 Å². The lowest BCUT2D eigenvalue weighted by Gasteiger charge is -2.09. The quantitative estimate of drug-likeness (QED) is 0.517.